The van der Waals surface area contributed by atoms with E-state index < -0.39 is 0 Å². The Morgan fingerprint density at radius 1 is 1.40 bits per heavy atom. The van der Waals surface area contributed by atoms with E-state index in [2.05, 4.69) is 30.2 Å². The van der Waals surface area contributed by atoms with Crippen molar-refractivity contribution in [3.63, 3.8) is 0 Å². The van der Waals surface area contributed by atoms with Crippen LogP contribution in [0, 0.1) is 6.92 Å². The highest BCUT2D eigenvalue weighted by molar-refractivity contribution is 5.20. The fourth-order valence-electron chi connectivity index (χ4n) is 1.88. The van der Waals surface area contributed by atoms with Gasteiger partial charge in [0.2, 0.25) is 0 Å². The third kappa shape index (κ3) is 3.63. The second kappa shape index (κ2) is 6.57. The molecule has 0 radical (unpaired) electrons. The molecule has 15 heavy (non-hydrogen) atoms. The predicted octanol–water partition coefficient (Wildman–Crippen LogP) is 3.23. The molecule has 0 fully saturated rings. The van der Waals surface area contributed by atoms with Crippen LogP contribution in [0.2, 0.25) is 0 Å². The Morgan fingerprint density at radius 3 is 2.80 bits per heavy atom. The largest absolute Gasteiger partial charge is 0.312 e. The maximum absolute atomic E-state index is 4.47. The summed E-state index contributed by atoms with van der Waals surface area (Å²) in [5, 5.41) is 3.36. The van der Waals surface area contributed by atoms with Gasteiger partial charge in [0.1, 0.15) is 0 Å². The Balaban J connectivity index is 2.61. The molecular formula is C13H22N2. The lowest BCUT2D eigenvalue weighted by atomic mass is 10.0. The molecule has 0 aliphatic heterocycles. The van der Waals surface area contributed by atoms with E-state index in [1.54, 1.807) is 0 Å². The van der Waals surface area contributed by atoms with Gasteiger partial charge in [-0.3, -0.25) is 4.98 Å². The molecule has 1 N–H and O–H groups in total. The highest BCUT2D eigenvalue weighted by atomic mass is 14.9. The fourth-order valence-corrected chi connectivity index (χ4v) is 1.88. The van der Waals surface area contributed by atoms with Crippen molar-refractivity contribution in [3.05, 3.63) is 29.6 Å². The van der Waals surface area contributed by atoms with Crippen LogP contribution in [-0.2, 0) is 0 Å². The zero-order valence-corrected chi connectivity index (χ0v) is 10.1. The maximum atomic E-state index is 4.47. The Labute approximate surface area is 93.1 Å². The Morgan fingerprint density at radius 2 is 2.20 bits per heavy atom. The first-order valence-corrected chi connectivity index (χ1v) is 5.88. The number of hydrogen-bond donors (Lipinski definition) is 1. The molecule has 0 amide bonds. The Kier molecular flexibility index (Phi) is 5.33. The summed E-state index contributed by atoms with van der Waals surface area (Å²) in [6.45, 7) is 4.37. The van der Waals surface area contributed by atoms with Gasteiger partial charge in [-0.1, -0.05) is 32.3 Å². The van der Waals surface area contributed by atoms with Crippen molar-refractivity contribution < 1.29 is 0 Å². The van der Waals surface area contributed by atoms with Crippen molar-refractivity contribution in [3.8, 4) is 0 Å². The van der Waals surface area contributed by atoms with Gasteiger partial charge in [-0.05, 0) is 32.0 Å². The highest BCUT2D eigenvalue weighted by Gasteiger charge is 2.11. The molecule has 84 valence electrons. The zero-order chi connectivity index (χ0) is 11.1. The third-order valence-electron chi connectivity index (χ3n) is 2.82. The number of hydrogen-bond acceptors (Lipinski definition) is 2. The number of pyridine rings is 1. The second-order valence-corrected chi connectivity index (χ2v) is 4.04. The van der Waals surface area contributed by atoms with E-state index in [-0.39, 0.29) is 0 Å². The molecule has 2 nitrogen and oxygen atoms in total. The lowest BCUT2D eigenvalue weighted by Crippen LogP contribution is -2.18. The van der Waals surface area contributed by atoms with Gasteiger partial charge in [0, 0.05) is 12.2 Å². The summed E-state index contributed by atoms with van der Waals surface area (Å²) in [4.78, 5) is 4.47. The van der Waals surface area contributed by atoms with E-state index in [1.807, 2.05) is 19.3 Å². The molecule has 0 saturated heterocycles. The summed E-state index contributed by atoms with van der Waals surface area (Å²) in [7, 11) is 2.02. The van der Waals surface area contributed by atoms with Crippen molar-refractivity contribution in [2.75, 3.05) is 7.05 Å². The van der Waals surface area contributed by atoms with E-state index in [0.29, 0.717) is 6.04 Å². The van der Waals surface area contributed by atoms with Gasteiger partial charge >= 0.3 is 0 Å². The number of unbranched alkanes of at least 4 members (excludes halogenated alkanes) is 2. The van der Waals surface area contributed by atoms with Gasteiger partial charge < -0.3 is 5.32 Å². The van der Waals surface area contributed by atoms with Crippen LogP contribution in [0.3, 0.4) is 0 Å². The normalized spacial score (nSPS) is 12.7. The summed E-state index contributed by atoms with van der Waals surface area (Å²) in [6, 6.07) is 4.54. The monoisotopic (exact) mass is 206 g/mol. The average Bonchev–Trinajstić information content (AvgIpc) is 2.26. The molecule has 1 atom stereocenters. The SMILES string of the molecule is CCCCCC(NC)c1ncccc1C. The van der Waals surface area contributed by atoms with Gasteiger partial charge in [0.05, 0.1) is 5.69 Å². The standard InChI is InChI=1S/C13H22N2/c1-4-5-6-9-12(14-3)13-11(2)8-7-10-15-13/h7-8,10,12,14H,4-6,9H2,1-3H3. The molecule has 0 bridgehead atoms. The van der Waals surface area contributed by atoms with Crippen LogP contribution >= 0.6 is 0 Å². The molecule has 0 aliphatic rings. The van der Waals surface area contributed by atoms with E-state index in [0.717, 1.165) is 0 Å². The van der Waals surface area contributed by atoms with Crippen LogP contribution in [0.15, 0.2) is 18.3 Å². The smallest absolute Gasteiger partial charge is 0.0602 e. The minimum atomic E-state index is 0.415. The van der Waals surface area contributed by atoms with Crippen LogP contribution in [0.25, 0.3) is 0 Å². The number of aryl methyl sites for hydroxylation is 1. The number of aromatic nitrogens is 1. The first kappa shape index (κ1) is 12.2. The van der Waals surface area contributed by atoms with E-state index >= 15 is 0 Å². The molecule has 1 aromatic heterocycles. The Hall–Kier alpha value is -0.890. The van der Waals surface area contributed by atoms with Crippen LogP contribution in [-0.4, -0.2) is 12.0 Å². The topological polar surface area (TPSA) is 24.9 Å². The van der Waals surface area contributed by atoms with Gasteiger partial charge in [-0.25, -0.2) is 0 Å². The summed E-state index contributed by atoms with van der Waals surface area (Å²) in [5.41, 5.74) is 2.49. The predicted molar refractivity (Wildman–Crippen MR) is 64.9 cm³/mol. The van der Waals surface area contributed by atoms with Crippen LogP contribution < -0.4 is 5.32 Å². The molecule has 2 heteroatoms. The highest BCUT2D eigenvalue weighted by Crippen LogP contribution is 2.20. The molecule has 1 aromatic rings. The van der Waals surface area contributed by atoms with Crippen LogP contribution in [0.1, 0.15) is 49.9 Å². The summed E-state index contributed by atoms with van der Waals surface area (Å²) >= 11 is 0. The average molecular weight is 206 g/mol. The number of nitrogens with zero attached hydrogens (tertiary/aromatic N) is 1. The molecule has 0 aromatic carbocycles. The summed E-state index contributed by atoms with van der Waals surface area (Å²) in [5.74, 6) is 0. The van der Waals surface area contributed by atoms with E-state index in [4.69, 9.17) is 0 Å². The lowest BCUT2D eigenvalue weighted by molar-refractivity contribution is 0.499. The van der Waals surface area contributed by atoms with Crippen molar-refractivity contribution in [1.82, 2.24) is 10.3 Å². The molecule has 1 heterocycles. The molecular weight excluding hydrogens is 184 g/mol. The first-order valence-electron chi connectivity index (χ1n) is 5.88. The minimum absolute atomic E-state index is 0.415. The number of nitrogens with one attached hydrogen (secondary N) is 1. The van der Waals surface area contributed by atoms with Crippen molar-refractivity contribution in [2.45, 2.75) is 45.6 Å². The first-order chi connectivity index (χ1) is 7.29. The summed E-state index contributed by atoms with van der Waals surface area (Å²) < 4.78 is 0. The van der Waals surface area contributed by atoms with Crippen molar-refractivity contribution in [1.29, 1.82) is 0 Å². The van der Waals surface area contributed by atoms with Gasteiger partial charge in [0.25, 0.3) is 0 Å². The van der Waals surface area contributed by atoms with Crippen LogP contribution in [0.5, 0.6) is 0 Å². The van der Waals surface area contributed by atoms with E-state index in [1.165, 1.54) is 36.9 Å². The molecule has 1 rings (SSSR count). The van der Waals surface area contributed by atoms with E-state index in [9.17, 15) is 0 Å². The quantitative estimate of drug-likeness (QED) is 0.723. The minimum Gasteiger partial charge on any atom is -0.312 e. The fraction of sp³-hybridized carbons (Fsp3) is 0.615. The Bertz CT molecular complexity index is 284. The molecule has 0 saturated carbocycles. The molecule has 0 spiro atoms. The third-order valence-corrected chi connectivity index (χ3v) is 2.82. The number of rotatable bonds is 6. The van der Waals surface area contributed by atoms with Crippen molar-refractivity contribution >= 4 is 0 Å². The maximum Gasteiger partial charge on any atom is 0.0602 e. The van der Waals surface area contributed by atoms with Crippen molar-refractivity contribution in [2.24, 2.45) is 0 Å². The van der Waals surface area contributed by atoms with Gasteiger partial charge in [-0.15, -0.1) is 0 Å². The molecule has 1 unspecified atom stereocenters. The lowest BCUT2D eigenvalue weighted by Gasteiger charge is -2.17. The van der Waals surface area contributed by atoms with Gasteiger partial charge in [0.15, 0.2) is 0 Å². The van der Waals surface area contributed by atoms with Crippen LogP contribution in [0.4, 0.5) is 0 Å². The summed E-state index contributed by atoms with van der Waals surface area (Å²) in [6.07, 6.45) is 6.93. The van der Waals surface area contributed by atoms with Gasteiger partial charge in [-0.2, -0.15) is 0 Å². The second-order valence-electron chi connectivity index (χ2n) is 4.04. The zero-order valence-electron chi connectivity index (χ0n) is 10.1. The molecule has 0 aliphatic carbocycles.